The number of hydrogen-bond acceptors (Lipinski definition) is 4. The van der Waals surface area contributed by atoms with Crippen LogP contribution in [0.4, 0.5) is 11.4 Å². The van der Waals surface area contributed by atoms with Crippen molar-refractivity contribution < 1.29 is 13.5 Å². The van der Waals surface area contributed by atoms with Crippen molar-refractivity contribution in [1.29, 1.82) is 0 Å². The van der Waals surface area contributed by atoms with Gasteiger partial charge in [-0.15, -0.1) is 0 Å². The minimum Gasteiger partial charge on any atom is -0.371 e. The summed E-state index contributed by atoms with van der Waals surface area (Å²) >= 11 is -1.70. The monoisotopic (exact) mass is 549 g/mol. The van der Waals surface area contributed by atoms with E-state index in [0.717, 1.165) is 5.57 Å². The summed E-state index contributed by atoms with van der Waals surface area (Å²) in [5.74, 6) is 0. The molecule has 0 aliphatic carbocycles. The molecule has 0 N–H and O–H groups in total. The summed E-state index contributed by atoms with van der Waals surface area (Å²) in [6, 6.07) is 8.30. The van der Waals surface area contributed by atoms with Crippen LogP contribution in [-0.4, -0.2) is 40.4 Å². The summed E-state index contributed by atoms with van der Waals surface area (Å²) in [5.41, 5.74) is 6.51. The number of pyridine rings is 2. The number of halogens is 2. The average Bonchev–Trinajstić information content (AvgIpc) is 3.49. The molecule has 2 fully saturated rings. The van der Waals surface area contributed by atoms with Gasteiger partial charge in [-0.1, -0.05) is 0 Å². The first-order valence-corrected chi connectivity index (χ1v) is 15.5. The van der Waals surface area contributed by atoms with Gasteiger partial charge in [-0.2, -0.15) is 0 Å². The third kappa shape index (κ3) is 11.6. The fourth-order valence-corrected chi connectivity index (χ4v) is 4.18. The van der Waals surface area contributed by atoms with Crippen molar-refractivity contribution >= 4 is 35.0 Å². The Labute approximate surface area is 201 Å². The number of allylic oxidation sites excluding steroid dienone is 1. The zero-order chi connectivity index (χ0) is 21.6. The molecule has 2 saturated heterocycles. The number of rotatable bonds is 2. The van der Waals surface area contributed by atoms with Crippen LogP contribution in [0, 0.1) is 7.43 Å². The second kappa shape index (κ2) is 16.2. The first-order chi connectivity index (χ1) is 14.6. The summed E-state index contributed by atoms with van der Waals surface area (Å²) in [6.45, 7) is 8.71. The molecule has 0 atom stereocenters. The quantitative estimate of drug-likeness (QED) is 0.252. The van der Waals surface area contributed by atoms with E-state index in [0.29, 0.717) is 0 Å². The van der Waals surface area contributed by atoms with E-state index >= 15 is 0 Å². The molecular weight excluding hydrogens is 516 g/mol. The van der Waals surface area contributed by atoms with Crippen LogP contribution in [0.1, 0.15) is 39.5 Å². The standard InChI is InChI=1S/2C9H12N2.C5H6.CH3.2ClH.Ru/c2*1-2-8-11(7-1)9-3-5-10-6-4-9;1-4-5(2)3;;;;/h2*3-6H,1-2,7-8H2;2-3H3;1H3;2*1H;/q;;;-1;;;+2/p-2. The van der Waals surface area contributed by atoms with Crippen molar-refractivity contribution in [3.63, 3.8) is 0 Å². The molecule has 0 radical (unpaired) electrons. The molecule has 7 heteroatoms. The summed E-state index contributed by atoms with van der Waals surface area (Å²) in [6.07, 6.45) is 12.8. The number of hydrogen-bond donors (Lipinski definition) is 0. The van der Waals surface area contributed by atoms with Crippen LogP contribution in [0.5, 0.6) is 0 Å². The molecular formula is C24H33Cl2N4Ru-. The van der Waals surface area contributed by atoms with Crippen LogP contribution in [0.2, 0.25) is 0 Å². The molecule has 2 aliphatic rings. The first-order valence-electron chi connectivity index (χ1n) is 10.2. The molecule has 4 rings (SSSR count). The van der Waals surface area contributed by atoms with E-state index in [9.17, 15) is 0 Å². The number of anilines is 2. The van der Waals surface area contributed by atoms with Gasteiger partial charge in [-0.25, -0.2) is 0 Å². The molecule has 2 aromatic heterocycles. The van der Waals surface area contributed by atoms with Gasteiger partial charge < -0.3 is 17.2 Å². The molecule has 0 spiro atoms. The van der Waals surface area contributed by atoms with Crippen molar-refractivity contribution in [3.8, 4) is 0 Å². The predicted molar refractivity (Wildman–Crippen MR) is 133 cm³/mol. The Morgan fingerprint density at radius 2 is 1.13 bits per heavy atom. The maximum atomic E-state index is 5.44. The van der Waals surface area contributed by atoms with E-state index in [1.54, 1.807) is 0 Å². The maximum absolute atomic E-state index is 5.44. The molecule has 4 nitrogen and oxygen atoms in total. The predicted octanol–water partition coefficient (Wildman–Crippen LogP) is 6.25. The van der Waals surface area contributed by atoms with Crippen LogP contribution in [0.3, 0.4) is 0 Å². The average molecular weight is 550 g/mol. The summed E-state index contributed by atoms with van der Waals surface area (Å²) in [5, 5.41) is 0. The van der Waals surface area contributed by atoms with Gasteiger partial charge in [-0.05, 0) is 49.9 Å². The van der Waals surface area contributed by atoms with Gasteiger partial charge in [0, 0.05) is 62.3 Å². The van der Waals surface area contributed by atoms with Gasteiger partial charge >= 0.3 is 62.3 Å². The Morgan fingerprint density at radius 3 is 1.39 bits per heavy atom. The molecule has 0 saturated carbocycles. The largest absolute Gasteiger partial charge is 0.371 e. The first kappa shape index (κ1) is 27.6. The van der Waals surface area contributed by atoms with E-state index in [1.165, 1.54) is 63.2 Å². The summed E-state index contributed by atoms with van der Waals surface area (Å²) in [4.78, 5) is 12.8. The molecule has 2 aromatic rings. The fourth-order valence-electron chi connectivity index (χ4n) is 3.18. The zero-order valence-corrected chi connectivity index (χ0v) is 21.9. The minimum atomic E-state index is -1.70. The zero-order valence-electron chi connectivity index (χ0n) is 18.7. The second-order valence-corrected chi connectivity index (χ2v) is 12.5. The van der Waals surface area contributed by atoms with Crippen LogP contribution in [0.25, 0.3) is 0 Å². The molecule has 172 valence electrons. The molecule has 0 unspecified atom stereocenters. The summed E-state index contributed by atoms with van der Waals surface area (Å²) in [7, 11) is 10.9. The van der Waals surface area contributed by atoms with Crippen molar-refractivity contribution in [2.45, 2.75) is 39.5 Å². The molecule has 4 heterocycles. The fraction of sp³-hybridized carbons (Fsp3) is 0.417. The molecule has 0 aromatic carbocycles. The molecule has 2 aliphatic heterocycles. The van der Waals surface area contributed by atoms with E-state index in [-0.39, 0.29) is 7.43 Å². The van der Waals surface area contributed by atoms with E-state index < -0.39 is 13.5 Å². The second-order valence-electron chi connectivity index (χ2n) is 7.20. The van der Waals surface area contributed by atoms with Gasteiger partial charge in [0.25, 0.3) is 0 Å². The summed E-state index contributed by atoms with van der Waals surface area (Å²) < 4.78 is 2.73. The van der Waals surface area contributed by atoms with Crippen molar-refractivity contribution in [2.24, 2.45) is 0 Å². The Morgan fingerprint density at radius 1 is 0.774 bits per heavy atom. The number of aromatic nitrogens is 2. The Balaban J connectivity index is 0.000000233. The van der Waals surface area contributed by atoms with Crippen LogP contribution in [0.15, 0.2) is 60.4 Å². The maximum Gasteiger partial charge on any atom is 0.0397 e. The van der Waals surface area contributed by atoms with Gasteiger partial charge in [0.15, 0.2) is 0 Å². The topological polar surface area (TPSA) is 32.3 Å². The third-order valence-electron chi connectivity index (χ3n) is 4.63. The van der Waals surface area contributed by atoms with Gasteiger partial charge in [0.2, 0.25) is 0 Å². The van der Waals surface area contributed by atoms with Crippen molar-refractivity contribution in [2.75, 3.05) is 36.0 Å². The Hall–Kier alpha value is -1.47. The van der Waals surface area contributed by atoms with E-state index in [4.69, 9.17) is 19.4 Å². The molecule has 31 heavy (non-hydrogen) atoms. The number of nitrogens with zero attached hydrogens (tertiary/aromatic N) is 4. The third-order valence-corrected chi connectivity index (χ3v) is 5.97. The Kier molecular flexibility index (Phi) is 14.4. The molecule has 0 bridgehead atoms. The van der Waals surface area contributed by atoms with Gasteiger partial charge in [0.05, 0.1) is 0 Å². The van der Waals surface area contributed by atoms with E-state index in [1.807, 2.05) is 38.6 Å². The smallest absolute Gasteiger partial charge is 0.0397 e. The van der Waals surface area contributed by atoms with Crippen LogP contribution in [-0.2, 0) is 13.5 Å². The SMILES string of the molecule is CC(C)=C=[C]=[Ru]([Cl])[Cl].[CH3-].c1cc(N2CCCC2)ccn1.c1cc(N2CCCC2)ccn1. The van der Waals surface area contributed by atoms with Gasteiger partial charge in [0.1, 0.15) is 0 Å². The van der Waals surface area contributed by atoms with Crippen molar-refractivity contribution in [3.05, 3.63) is 67.8 Å². The Bertz CT molecular complexity index is 757. The van der Waals surface area contributed by atoms with Gasteiger partial charge in [-0.3, -0.25) is 9.97 Å². The van der Waals surface area contributed by atoms with Crippen LogP contribution < -0.4 is 9.80 Å². The van der Waals surface area contributed by atoms with Crippen molar-refractivity contribution in [1.82, 2.24) is 9.97 Å². The molecule has 0 amide bonds. The normalized spacial score (nSPS) is 14.6. The minimum absolute atomic E-state index is 0. The van der Waals surface area contributed by atoms with Crippen LogP contribution >= 0.6 is 19.4 Å². The van der Waals surface area contributed by atoms with E-state index in [2.05, 4.69) is 54.0 Å².